The fraction of sp³-hybridized carbons (Fsp3) is 0.524. The van der Waals surface area contributed by atoms with Crippen molar-refractivity contribution in [3.8, 4) is 0 Å². The minimum absolute atomic E-state index is 0.0245. The highest BCUT2D eigenvalue weighted by atomic mass is 32.2. The van der Waals surface area contributed by atoms with Crippen LogP contribution in [0.5, 0.6) is 0 Å². The van der Waals surface area contributed by atoms with E-state index in [2.05, 4.69) is 22.5 Å². The van der Waals surface area contributed by atoms with Gasteiger partial charge in [-0.3, -0.25) is 4.98 Å². The van der Waals surface area contributed by atoms with Crippen LogP contribution in [0.25, 0.3) is 21.9 Å². The highest BCUT2D eigenvalue weighted by Gasteiger charge is 2.24. The van der Waals surface area contributed by atoms with E-state index >= 15 is 0 Å². The summed E-state index contributed by atoms with van der Waals surface area (Å²) in [5.74, 6) is 1.05. The maximum atomic E-state index is 11.4. The van der Waals surface area contributed by atoms with E-state index in [0.717, 1.165) is 47.0 Å². The maximum Gasteiger partial charge on any atom is 0.149 e. The van der Waals surface area contributed by atoms with Gasteiger partial charge in [0.25, 0.3) is 0 Å². The van der Waals surface area contributed by atoms with Gasteiger partial charge in [0, 0.05) is 18.1 Å². The third kappa shape index (κ3) is 4.89. The molecule has 0 unspecified atom stereocenters. The predicted molar refractivity (Wildman–Crippen MR) is 113 cm³/mol. The van der Waals surface area contributed by atoms with Crippen molar-refractivity contribution in [2.45, 2.75) is 52.2 Å². The zero-order chi connectivity index (χ0) is 20.4. The molecule has 0 aliphatic carbocycles. The molecule has 0 spiro atoms. The van der Waals surface area contributed by atoms with Gasteiger partial charge in [-0.25, -0.2) is 13.4 Å². The first-order valence-corrected chi connectivity index (χ1v) is 11.8. The zero-order valence-electron chi connectivity index (χ0n) is 17.1. The third-order valence-corrected chi connectivity index (χ3v) is 5.71. The first kappa shape index (κ1) is 20.7. The van der Waals surface area contributed by atoms with E-state index in [1.54, 1.807) is 0 Å². The van der Waals surface area contributed by atoms with Gasteiger partial charge in [-0.05, 0) is 26.3 Å². The number of hydrogen-bond acceptors (Lipinski definition) is 5. The Bertz CT molecular complexity index is 1070. The quantitative estimate of drug-likeness (QED) is 0.544. The molecule has 3 aromatic rings. The Balaban J connectivity index is 2.00. The van der Waals surface area contributed by atoms with Gasteiger partial charge < -0.3 is 9.30 Å². The molecule has 0 saturated heterocycles. The minimum Gasteiger partial charge on any atom is -0.373 e. The molecule has 0 atom stereocenters. The molecule has 2 aromatic heterocycles. The van der Waals surface area contributed by atoms with Crippen LogP contribution in [0.3, 0.4) is 0 Å². The first-order chi connectivity index (χ1) is 13.2. The fourth-order valence-electron chi connectivity index (χ4n) is 3.40. The molecule has 0 aliphatic rings. The number of benzene rings is 1. The van der Waals surface area contributed by atoms with Crippen molar-refractivity contribution in [1.82, 2.24) is 14.5 Å². The average molecular weight is 404 g/mol. The molecule has 2 heterocycles. The molecule has 0 saturated carbocycles. The number of ether oxygens (including phenoxy) is 1. The lowest BCUT2D eigenvalue weighted by Gasteiger charge is -2.27. The number of nitrogens with zero attached hydrogens (tertiary/aromatic N) is 3. The smallest absolute Gasteiger partial charge is 0.149 e. The first-order valence-electron chi connectivity index (χ1n) is 9.75. The summed E-state index contributed by atoms with van der Waals surface area (Å²) in [4.78, 5) is 9.40. The van der Waals surface area contributed by atoms with E-state index < -0.39 is 15.4 Å². The van der Waals surface area contributed by atoms with Crippen LogP contribution in [0.4, 0.5) is 0 Å². The molecule has 1 aromatic carbocycles. The summed E-state index contributed by atoms with van der Waals surface area (Å²) in [6.45, 7) is 6.94. The molecule has 152 valence electrons. The Hall–Kier alpha value is -1.99. The van der Waals surface area contributed by atoms with E-state index in [1.165, 1.54) is 6.26 Å². The van der Waals surface area contributed by atoms with E-state index in [9.17, 15) is 8.42 Å². The summed E-state index contributed by atoms with van der Waals surface area (Å²) >= 11 is 0. The van der Waals surface area contributed by atoms with Gasteiger partial charge in [-0.1, -0.05) is 31.5 Å². The second-order valence-corrected chi connectivity index (χ2v) is 10.2. The van der Waals surface area contributed by atoms with E-state index in [4.69, 9.17) is 9.72 Å². The van der Waals surface area contributed by atoms with E-state index in [0.29, 0.717) is 6.54 Å². The Labute approximate surface area is 166 Å². The number of sulfone groups is 1. The largest absolute Gasteiger partial charge is 0.373 e. The standard InChI is InChI=1S/C21H29N3O3S/c1-5-6-11-19-23-18-14-22-17-10-8-7-9-16(17)20(18)24(19)15-21(2,3)27-12-13-28(4,25)26/h7-10,14H,5-6,11-13,15H2,1-4H3. The molecule has 0 fully saturated rings. The summed E-state index contributed by atoms with van der Waals surface area (Å²) in [6, 6.07) is 8.08. The number of pyridine rings is 1. The number of para-hydroxylation sites is 1. The lowest BCUT2D eigenvalue weighted by atomic mass is 10.1. The van der Waals surface area contributed by atoms with Gasteiger partial charge in [0.05, 0.1) is 41.7 Å². The summed E-state index contributed by atoms with van der Waals surface area (Å²) < 4.78 is 31.0. The highest BCUT2D eigenvalue weighted by Crippen LogP contribution is 2.27. The number of unbranched alkanes of at least 4 members (excludes halogenated alkanes) is 1. The van der Waals surface area contributed by atoms with Crippen LogP contribution in [0.15, 0.2) is 30.5 Å². The lowest BCUT2D eigenvalue weighted by molar-refractivity contribution is -0.0210. The molecule has 28 heavy (non-hydrogen) atoms. The van der Waals surface area contributed by atoms with Gasteiger partial charge in [-0.15, -0.1) is 0 Å². The Kier molecular flexibility index (Phi) is 6.05. The molecule has 3 rings (SSSR count). The normalized spacial score (nSPS) is 12.9. The van der Waals surface area contributed by atoms with Gasteiger partial charge in [0.1, 0.15) is 21.2 Å². The number of aryl methyl sites for hydroxylation is 1. The Morgan fingerprint density at radius 1 is 1.18 bits per heavy atom. The molecule has 0 N–H and O–H groups in total. The number of hydrogen-bond donors (Lipinski definition) is 0. The van der Waals surface area contributed by atoms with Gasteiger partial charge in [0.15, 0.2) is 0 Å². The Morgan fingerprint density at radius 2 is 1.93 bits per heavy atom. The second-order valence-electron chi connectivity index (χ2n) is 7.96. The van der Waals surface area contributed by atoms with Crippen LogP contribution in [-0.4, -0.2) is 47.2 Å². The molecular weight excluding hydrogens is 374 g/mol. The van der Waals surface area contributed by atoms with Gasteiger partial charge in [0.2, 0.25) is 0 Å². The number of fused-ring (bicyclic) bond motifs is 3. The summed E-state index contributed by atoms with van der Waals surface area (Å²) in [6.07, 6.45) is 6.11. The SMILES string of the molecule is CCCCc1nc2cnc3ccccc3c2n1CC(C)(C)OCCS(C)(=O)=O. The van der Waals surface area contributed by atoms with Crippen molar-refractivity contribution in [1.29, 1.82) is 0 Å². The number of imidazole rings is 1. The van der Waals surface area contributed by atoms with Gasteiger partial charge in [-0.2, -0.15) is 0 Å². The highest BCUT2D eigenvalue weighted by molar-refractivity contribution is 7.90. The lowest BCUT2D eigenvalue weighted by Crippen LogP contribution is -2.33. The summed E-state index contributed by atoms with van der Waals surface area (Å²) in [5.41, 5.74) is 2.37. The maximum absolute atomic E-state index is 11.4. The average Bonchev–Trinajstić information content (AvgIpc) is 2.96. The van der Waals surface area contributed by atoms with Crippen molar-refractivity contribution in [3.05, 3.63) is 36.3 Å². The van der Waals surface area contributed by atoms with Crippen LogP contribution in [0.2, 0.25) is 0 Å². The van der Waals surface area contributed by atoms with Crippen molar-refractivity contribution < 1.29 is 13.2 Å². The third-order valence-electron chi connectivity index (χ3n) is 4.80. The molecule has 0 bridgehead atoms. The van der Waals surface area contributed by atoms with Crippen LogP contribution in [0.1, 0.15) is 39.4 Å². The second kappa shape index (κ2) is 8.17. The molecule has 0 radical (unpaired) electrons. The van der Waals surface area contributed by atoms with Crippen LogP contribution in [0, 0.1) is 0 Å². The molecule has 7 heteroatoms. The minimum atomic E-state index is -3.04. The zero-order valence-corrected chi connectivity index (χ0v) is 17.9. The molecular formula is C21H29N3O3S. The fourth-order valence-corrected chi connectivity index (χ4v) is 3.79. The van der Waals surface area contributed by atoms with Gasteiger partial charge >= 0.3 is 0 Å². The van der Waals surface area contributed by atoms with Crippen molar-refractivity contribution in [3.63, 3.8) is 0 Å². The molecule has 6 nitrogen and oxygen atoms in total. The summed E-state index contributed by atoms with van der Waals surface area (Å²) in [7, 11) is -3.04. The monoisotopic (exact) mass is 403 g/mol. The van der Waals surface area contributed by atoms with E-state index in [1.807, 2.05) is 38.2 Å². The predicted octanol–water partition coefficient (Wildman–Crippen LogP) is 3.77. The molecule has 0 amide bonds. The topological polar surface area (TPSA) is 74.1 Å². The Morgan fingerprint density at radius 3 is 2.64 bits per heavy atom. The van der Waals surface area contributed by atoms with Crippen LogP contribution < -0.4 is 0 Å². The number of rotatable bonds is 9. The van der Waals surface area contributed by atoms with Crippen molar-refractivity contribution in [2.75, 3.05) is 18.6 Å². The van der Waals surface area contributed by atoms with Crippen molar-refractivity contribution in [2.24, 2.45) is 0 Å². The molecule has 0 aliphatic heterocycles. The van der Waals surface area contributed by atoms with E-state index in [-0.39, 0.29) is 12.4 Å². The summed E-state index contributed by atoms with van der Waals surface area (Å²) in [5, 5.41) is 1.07. The van der Waals surface area contributed by atoms with Crippen molar-refractivity contribution >= 4 is 31.8 Å². The van der Waals surface area contributed by atoms with Crippen LogP contribution in [-0.2, 0) is 27.5 Å². The van der Waals surface area contributed by atoms with Crippen LogP contribution >= 0.6 is 0 Å². The number of aromatic nitrogens is 3.